The molecule has 1 aliphatic rings. The van der Waals surface area contributed by atoms with Crippen LogP contribution in [0.4, 0.5) is 5.69 Å². The van der Waals surface area contributed by atoms with Gasteiger partial charge in [-0.1, -0.05) is 53.0 Å². The van der Waals surface area contributed by atoms with E-state index >= 15 is 0 Å². The van der Waals surface area contributed by atoms with Gasteiger partial charge >= 0.3 is 0 Å². The minimum absolute atomic E-state index is 0.0161. The van der Waals surface area contributed by atoms with E-state index in [1.54, 1.807) is 13.2 Å². The molecule has 3 aromatic rings. The highest BCUT2D eigenvalue weighted by molar-refractivity contribution is 6.35. The third-order valence-corrected chi connectivity index (χ3v) is 6.83. The maximum atomic E-state index is 9.11. The molecule has 170 valence electrons. The number of methoxy groups -OCH3 is 1. The van der Waals surface area contributed by atoms with Crippen LogP contribution < -0.4 is 4.90 Å². The van der Waals surface area contributed by atoms with E-state index < -0.39 is 0 Å². The maximum absolute atomic E-state index is 9.11. The molecule has 1 saturated heterocycles. The van der Waals surface area contributed by atoms with E-state index in [0.717, 1.165) is 36.4 Å². The third kappa shape index (κ3) is 5.63. The molecule has 1 fully saturated rings. The first kappa shape index (κ1) is 23.9. The van der Waals surface area contributed by atoms with Gasteiger partial charge < -0.3 is 9.64 Å². The number of rotatable bonds is 6. The van der Waals surface area contributed by atoms with Crippen LogP contribution in [0, 0.1) is 11.3 Å². The molecular formula is C26H24Cl3N3O. The smallest absolute Gasteiger partial charge is 0.0991 e. The summed E-state index contributed by atoms with van der Waals surface area (Å²) in [7, 11) is 1.73. The Balaban J connectivity index is 1.70. The molecule has 0 aromatic heterocycles. The first-order valence-electron chi connectivity index (χ1n) is 10.7. The Morgan fingerprint density at radius 3 is 2.27 bits per heavy atom. The van der Waals surface area contributed by atoms with Gasteiger partial charge in [0.1, 0.15) is 0 Å². The van der Waals surface area contributed by atoms with E-state index in [2.05, 4.69) is 15.9 Å². The molecule has 3 aromatic carbocycles. The number of hydrogen-bond donors (Lipinski definition) is 0. The van der Waals surface area contributed by atoms with Crippen molar-refractivity contribution in [3.8, 4) is 6.07 Å². The normalized spacial score (nSPS) is 18.8. The van der Waals surface area contributed by atoms with E-state index in [4.69, 9.17) is 44.8 Å². The van der Waals surface area contributed by atoms with Crippen LogP contribution >= 0.6 is 34.8 Å². The molecule has 0 unspecified atom stereocenters. The summed E-state index contributed by atoms with van der Waals surface area (Å²) in [5, 5.41) is 11.1. The van der Waals surface area contributed by atoms with Crippen LogP contribution in [0.5, 0.6) is 0 Å². The summed E-state index contributed by atoms with van der Waals surface area (Å²) in [5.41, 5.74) is 3.91. The van der Waals surface area contributed by atoms with Crippen LogP contribution in [0.2, 0.25) is 15.1 Å². The molecule has 4 nitrogen and oxygen atoms in total. The number of anilines is 1. The molecule has 0 spiro atoms. The fraction of sp³-hybridized carbons (Fsp3) is 0.269. The molecule has 0 N–H and O–H groups in total. The molecule has 4 rings (SSSR count). The number of nitriles is 1. The second-order valence-electron chi connectivity index (χ2n) is 8.16. The van der Waals surface area contributed by atoms with Crippen LogP contribution in [0.1, 0.15) is 22.7 Å². The summed E-state index contributed by atoms with van der Waals surface area (Å²) in [6.45, 7) is 2.85. The molecule has 1 heterocycles. The molecule has 7 heteroatoms. The lowest BCUT2D eigenvalue weighted by Crippen LogP contribution is -2.56. The third-order valence-electron chi connectivity index (χ3n) is 6.02. The van der Waals surface area contributed by atoms with Crippen LogP contribution in [0.3, 0.4) is 0 Å². The van der Waals surface area contributed by atoms with E-state index in [1.807, 2.05) is 60.7 Å². The summed E-state index contributed by atoms with van der Waals surface area (Å²) in [4.78, 5) is 4.79. The highest BCUT2D eigenvalue weighted by Gasteiger charge is 2.35. The minimum atomic E-state index is 0.0161. The van der Waals surface area contributed by atoms with Gasteiger partial charge in [0.2, 0.25) is 0 Å². The SMILES string of the molecule is COC[C@H]1CN(c2ccc(Cl)cc2)[C@@H](c2ccc(Cl)cc2Cl)CN1Cc1ccc(C#N)cc1. The van der Waals surface area contributed by atoms with Crippen LogP contribution in [-0.2, 0) is 11.3 Å². The van der Waals surface area contributed by atoms with E-state index in [-0.39, 0.29) is 12.1 Å². The van der Waals surface area contributed by atoms with Crippen molar-refractivity contribution in [2.45, 2.75) is 18.6 Å². The lowest BCUT2D eigenvalue weighted by Gasteiger charge is -2.48. The fourth-order valence-corrected chi connectivity index (χ4v) is 5.02. The minimum Gasteiger partial charge on any atom is -0.383 e. The summed E-state index contributed by atoms with van der Waals surface area (Å²) in [6.07, 6.45) is 0. The summed E-state index contributed by atoms with van der Waals surface area (Å²) < 4.78 is 5.59. The predicted molar refractivity (Wildman–Crippen MR) is 135 cm³/mol. The number of ether oxygens (including phenoxy) is 1. The first-order chi connectivity index (χ1) is 16.0. The predicted octanol–water partition coefficient (Wildman–Crippen LogP) is 6.60. The molecule has 0 amide bonds. The average Bonchev–Trinajstić information content (AvgIpc) is 2.81. The molecule has 0 radical (unpaired) electrons. The van der Waals surface area contributed by atoms with Crippen molar-refractivity contribution in [1.82, 2.24) is 4.90 Å². The van der Waals surface area contributed by atoms with Gasteiger partial charge in [-0.2, -0.15) is 5.26 Å². The van der Waals surface area contributed by atoms with E-state index in [1.165, 1.54) is 0 Å². The second-order valence-corrected chi connectivity index (χ2v) is 9.44. The Morgan fingerprint density at radius 1 is 0.939 bits per heavy atom. The zero-order valence-electron chi connectivity index (χ0n) is 18.2. The Hall–Kier alpha value is -2.26. The van der Waals surface area contributed by atoms with Crippen molar-refractivity contribution in [3.05, 3.63) is 98.5 Å². The van der Waals surface area contributed by atoms with Crippen LogP contribution in [-0.4, -0.2) is 37.7 Å². The lowest BCUT2D eigenvalue weighted by molar-refractivity contribution is 0.0644. The standard InChI is InChI=1S/C26H24Cl3N3O/c1-33-17-23-15-32(22-9-6-20(27)7-10-22)26(24-11-8-21(28)12-25(24)29)16-31(23)14-19-4-2-18(13-30)3-5-19/h2-12,23,26H,14-17H2,1H3/t23-,26-/m1/s1. The highest BCUT2D eigenvalue weighted by atomic mass is 35.5. The Morgan fingerprint density at radius 2 is 1.64 bits per heavy atom. The number of nitrogens with zero attached hydrogens (tertiary/aromatic N) is 3. The van der Waals surface area contributed by atoms with Gasteiger partial charge in [0.25, 0.3) is 0 Å². The van der Waals surface area contributed by atoms with Crippen molar-refractivity contribution in [1.29, 1.82) is 5.26 Å². The molecule has 0 aliphatic carbocycles. The van der Waals surface area contributed by atoms with Crippen molar-refractivity contribution in [3.63, 3.8) is 0 Å². The van der Waals surface area contributed by atoms with Gasteiger partial charge in [-0.25, -0.2) is 0 Å². The van der Waals surface area contributed by atoms with Crippen molar-refractivity contribution in [2.24, 2.45) is 0 Å². The maximum Gasteiger partial charge on any atom is 0.0991 e. The number of piperazine rings is 1. The Labute approximate surface area is 209 Å². The second kappa shape index (κ2) is 10.8. The lowest BCUT2D eigenvalue weighted by atomic mass is 9.97. The van der Waals surface area contributed by atoms with Crippen molar-refractivity contribution >= 4 is 40.5 Å². The van der Waals surface area contributed by atoms with Crippen LogP contribution in [0.25, 0.3) is 0 Å². The summed E-state index contributed by atoms with van der Waals surface area (Å²) in [5.74, 6) is 0. The molecule has 1 aliphatic heterocycles. The average molecular weight is 501 g/mol. The summed E-state index contributed by atoms with van der Waals surface area (Å²) >= 11 is 19.0. The zero-order chi connectivity index (χ0) is 23.4. The van der Waals surface area contributed by atoms with E-state index in [0.29, 0.717) is 27.2 Å². The largest absolute Gasteiger partial charge is 0.383 e. The Kier molecular flexibility index (Phi) is 7.80. The molecule has 33 heavy (non-hydrogen) atoms. The van der Waals surface area contributed by atoms with E-state index in [9.17, 15) is 0 Å². The number of hydrogen-bond acceptors (Lipinski definition) is 4. The highest BCUT2D eigenvalue weighted by Crippen LogP contribution is 2.37. The molecule has 0 saturated carbocycles. The van der Waals surface area contributed by atoms with Gasteiger partial charge in [-0.05, 0) is 59.7 Å². The molecule has 2 atom stereocenters. The summed E-state index contributed by atoms with van der Waals surface area (Å²) in [6, 6.07) is 23.7. The monoisotopic (exact) mass is 499 g/mol. The Bertz CT molecular complexity index is 1130. The van der Waals surface area contributed by atoms with Gasteiger partial charge in [-0.15, -0.1) is 0 Å². The number of benzene rings is 3. The molecular weight excluding hydrogens is 477 g/mol. The topological polar surface area (TPSA) is 39.5 Å². The van der Waals surface area contributed by atoms with Crippen molar-refractivity contribution in [2.75, 3.05) is 31.7 Å². The van der Waals surface area contributed by atoms with Crippen LogP contribution in [0.15, 0.2) is 66.7 Å². The van der Waals surface area contributed by atoms with Gasteiger partial charge in [0.05, 0.1) is 30.3 Å². The van der Waals surface area contributed by atoms with Crippen molar-refractivity contribution < 1.29 is 4.74 Å². The van der Waals surface area contributed by atoms with Gasteiger partial charge in [0.15, 0.2) is 0 Å². The first-order valence-corrected chi connectivity index (χ1v) is 11.8. The van der Waals surface area contributed by atoms with Gasteiger partial charge in [-0.3, -0.25) is 4.90 Å². The van der Waals surface area contributed by atoms with Gasteiger partial charge in [0, 0.05) is 47.5 Å². The quantitative estimate of drug-likeness (QED) is 0.382. The zero-order valence-corrected chi connectivity index (χ0v) is 20.5. The number of halogens is 3. The molecule has 0 bridgehead atoms. The fourth-order valence-electron chi connectivity index (χ4n) is 4.36.